The van der Waals surface area contributed by atoms with Crippen LogP contribution in [0.2, 0.25) is 10.0 Å². The molecule has 0 heterocycles. The number of carboxylic acid groups (broad SMARTS) is 2. The van der Waals surface area contributed by atoms with Crippen LogP contribution in [-0.2, 0) is 19.2 Å². The lowest BCUT2D eigenvalue weighted by Crippen LogP contribution is -2.25. The van der Waals surface area contributed by atoms with E-state index in [-0.39, 0.29) is 21.4 Å². The molecule has 0 aliphatic rings. The van der Waals surface area contributed by atoms with E-state index in [1.807, 2.05) is 10.6 Å². The van der Waals surface area contributed by atoms with Crippen LogP contribution in [0.4, 0.5) is 11.4 Å². The Morgan fingerprint density at radius 3 is 1.35 bits per heavy atom. The van der Waals surface area contributed by atoms with Gasteiger partial charge < -0.3 is 20.8 Å². The molecular formula is C10H6Cl2N2O6. The molecule has 0 saturated carbocycles. The van der Waals surface area contributed by atoms with Crippen molar-refractivity contribution >= 4 is 58.3 Å². The quantitative estimate of drug-likeness (QED) is 0.602. The van der Waals surface area contributed by atoms with E-state index in [0.29, 0.717) is 0 Å². The Morgan fingerprint density at radius 2 is 1.10 bits per heavy atom. The molecule has 0 atom stereocenters. The fourth-order valence-electron chi connectivity index (χ4n) is 1.11. The van der Waals surface area contributed by atoms with Crippen molar-refractivity contribution in [2.75, 3.05) is 10.6 Å². The molecule has 10 heteroatoms. The number of carboxylic acids is 2. The first-order chi connectivity index (χ1) is 9.22. The zero-order valence-corrected chi connectivity index (χ0v) is 10.9. The maximum Gasteiger partial charge on any atom is 0.394 e. The van der Waals surface area contributed by atoms with Gasteiger partial charge >= 0.3 is 23.8 Å². The molecule has 0 unspecified atom stereocenters. The lowest BCUT2D eigenvalue weighted by Gasteiger charge is -2.11. The average Bonchev–Trinajstić information content (AvgIpc) is 2.34. The number of aliphatic carboxylic acids is 2. The highest BCUT2D eigenvalue weighted by atomic mass is 35.5. The first-order valence-corrected chi connectivity index (χ1v) is 5.55. The predicted molar refractivity (Wildman–Crippen MR) is 69.0 cm³/mol. The Hall–Kier alpha value is -2.32. The van der Waals surface area contributed by atoms with Gasteiger partial charge in [-0.2, -0.15) is 0 Å². The Balaban J connectivity index is 3.17. The molecule has 8 nitrogen and oxygen atoms in total. The summed E-state index contributed by atoms with van der Waals surface area (Å²) in [5, 5.41) is 20.8. The third kappa shape index (κ3) is 3.84. The number of amides is 2. The van der Waals surface area contributed by atoms with E-state index in [9.17, 15) is 19.2 Å². The Kier molecular flexibility index (Phi) is 4.89. The van der Waals surface area contributed by atoms with E-state index >= 15 is 0 Å². The van der Waals surface area contributed by atoms with Gasteiger partial charge in [0.25, 0.3) is 0 Å². The third-order valence-corrected chi connectivity index (χ3v) is 2.67. The van der Waals surface area contributed by atoms with E-state index in [1.54, 1.807) is 0 Å². The van der Waals surface area contributed by atoms with Crippen LogP contribution in [-0.4, -0.2) is 34.0 Å². The number of anilines is 2. The number of benzene rings is 1. The maximum absolute atomic E-state index is 11.1. The van der Waals surface area contributed by atoms with Crippen molar-refractivity contribution in [3.8, 4) is 0 Å². The van der Waals surface area contributed by atoms with Gasteiger partial charge in [-0.15, -0.1) is 0 Å². The molecule has 106 valence electrons. The van der Waals surface area contributed by atoms with Crippen molar-refractivity contribution in [3.05, 3.63) is 22.2 Å². The first-order valence-electron chi connectivity index (χ1n) is 4.80. The monoisotopic (exact) mass is 320 g/mol. The van der Waals surface area contributed by atoms with Crippen molar-refractivity contribution in [1.29, 1.82) is 0 Å². The minimum atomic E-state index is -1.77. The van der Waals surface area contributed by atoms with Crippen molar-refractivity contribution < 1.29 is 29.4 Å². The fourth-order valence-corrected chi connectivity index (χ4v) is 1.43. The van der Waals surface area contributed by atoms with Crippen LogP contribution in [0.15, 0.2) is 12.1 Å². The highest BCUT2D eigenvalue weighted by Crippen LogP contribution is 2.32. The van der Waals surface area contributed by atoms with E-state index in [4.69, 9.17) is 33.4 Å². The molecule has 0 spiro atoms. The molecule has 0 fully saturated rings. The molecule has 0 bridgehead atoms. The summed E-state index contributed by atoms with van der Waals surface area (Å²) in [6.07, 6.45) is 0. The smallest absolute Gasteiger partial charge is 0.394 e. The predicted octanol–water partition coefficient (Wildman–Crippen LogP) is 1.04. The van der Waals surface area contributed by atoms with Crippen LogP contribution in [0.3, 0.4) is 0 Å². The molecule has 1 aromatic carbocycles. The molecule has 1 rings (SSSR count). The van der Waals surface area contributed by atoms with Gasteiger partial charge in [0.2, 0.25) is 0 Å². The summed E-state index contributed by atoms with van der Waals surface area (Å²) in [4.78, 5) is 43.0. The summed E-state index contributed by atoms with van der Waals surface area (Å²) in [6.45, 7) is 0. The number of halogens is 2. The first kappa shape index (κ1) is 15.7. The minimum absolute atomic E-state index is 0.0271. The van der Waals surface area contributed by atoms with E-state index in [2.05, 4.69) is 0 Å². The third-order valence-electron chi connectivity index (χ3n) is 1.95. The maximum atomic E-state index is 11.1. The Bertz CT molecular complexity index is 563. The van der Waals surface area contributed by atoms with Crippen LogP contribution < -0.4 is 10.6 Å². The number of hydrogen-bond donors (Lipinski definition) is 4. The lowest BCUT2D eigenvalue weighted by atomic mass is 10.2. The van der Waals surface area contributed by atoms with Crippen LogP contribution in [0.25, 0.3) is 0 Å². The van der Waals surface area contributed by atoms with Crippen LogP contribution in [0.1, 0.15) is 0 Å². The summed E-state index contributed by atoms with van der Waals surface area (Å²) in [7, 11) is 0. The summed E-state index contributed by atoms with van der Waals surface area (Å²) in [6, 6.07) is 2.14. The van der Waals surface area contributed by atoms with Gasteiger partial charge in [-0.25, -0.2) is 9.59 Å². The van der Waals surface area contributed by atoms with Crippen molar-refractivity contribution in [2.45, 2.75) is 0 Å². The lowest BCUT2D eigenvalue weighted by molar-refractivity contribution is -0.147. The summed E-state index contributed by atoms with van der Waals surface area (Å²) in [5.41, 5.74) is -0.414. The molecular weight excluding hydrogens is 315 g/mol. The summed E-state index contributed by atoms with van der Waals surface area (Å²) >= 11 is 11.4. The number of hydrogen-bond acceptors (Lipinski definition) is 4. The zero-order chi connectivity index (χ0) is 15.4. The van der Waals surface area contributed by atoms with Gasteiger partial charge in [-0.05, 0) is 12.1 Å². The fraction of sp³-hybridized carbons (Fsp3) is 0. The summed E-state index contributed by atoms with van der Waals surface area (Å²) < 4.78 is 0. The number of nitrogens with one attached hydrogen (secondary N) is 2. The molecule has 4 N–H and O–H groups in total. The standard InChI is InChI=1S/C10H6Cl2N2O6/c11-3-1-5(13-7(15)9(17)18)6(2-4(3)12)14-8(16)10(19)20/h1-2H,(H,13,15)(H,14,16)(H,17,18)(H,19,20). The number of rotatable bonds is 2. The van der Waals surface area contributed by atoms with Crippen LogP contribution in [0.5, 0.6) is 0 Å². The van der Waals surface area contributed by atoms with Gasteiger partial charge in [-0.3, -0.25) is 9.59 Å². The van der Waals surface area contributed by atoms with Gasteiger partial charge in [0, 0.05) is 0 Å². The molecule has 0 aromatic heterocycles. The zero-order valence-electron chi connectivity index (χ0n) is 9.44. The second-order valence-electron chi connectivity index (χ2n) is 3.33. The molecule has 20 heavy (non-hydrogen) atoms. The second-order valence-corrected chi connectivity index (χ2v) is 4.14. The second kappa shape index (κ2) is 6.22. The molecule has 0 aliphatic heterocycles. The molecule has 0 aliphatic carbocycles. The Morgan fingerprint density at radius 1 is 0.800 bits per heavy atom. The van der Waals surface area contributed by atoms with E-state index in [1.165, 1.54) is 0 Å². The largest absolute Gasteiger partial charge is 0.474 e. The molecule has 0 saturated heterocycles. The topological polar surface area (TPSA) is 133 Å². The van der Waals surface area contributed by atoms with Crippen LogP contribution >= 0.6 is 23.2 Å². The molecule has 2 amide bonds. The number of carbonyl (C=O) groups is 4. The van der Waals surface area contributed by atoms with Crippen LogP contribution in [0, 0.1) is 0 Å². The van der Waals surface area contributed by atoms with Gasteiger partial charge in [-0.1, -0.05) is 23.2 Å². The van der Waals surface area contributed by atoms with Crippen molar-refractivity contribution in [3.63, 3.8) is 0 Å². The van der Waals surface area contributed by atoms with E-state index < -0.39 is 23.8 Å². The summed E-state index contributed by atoms with van der Waals surface area (Å²) in [5.74, 6) is -6.33. The van der Waals surface area contributed by atoms with Crippen molar-refractivity contribution in [2.24, 2.45) is 0 Å². The highest BCUT2D eigenvalue weighted by Gasteiger charge is 2.18. The minimum Gasteiger partial charge on any atom is -0.474 e. The van der Waals surface area contributed by atoms with Gasteiger partial charge in [0.05, 0.1) is 21.4 Å². The SMILES string of the molecule is O=C(O)C(=O)Nc1cc(Cl)c(Cl)cc1NC(=O)C(=O)O. The van der Waals surface area contributed by atoms with Gasteiger partial charge in [0.15, 0.2) is 0 Å². The highest BCUT2D eigenvalue weighted by molar-refractivity contribution is 6.43. The van der Waals surface area contributed by atoms with Crippen molar-refractivity contribution in [1.82, 2.24) is 0 Å². The van der Waals surface area contributed by atoms with Gasteiger partial charge in [0.1, 0.15) is 0 Å². The molecule has 1 aromatic rings. The molecule has 0 radical (unpaired) electrons. The van der Waals surface area contributed by atoms with E-state index in [0.717, 1.165) is 12.1 Å². The number of carbonyl (C=O) groups excluding carboxylic acids is 2. The Labute approximate surface area is 121 Å². The normalized spacial score (nSPS) is 9.70. The average molecular weight is 321 g/mol.